The van der Waals surface area contributed by atoms with Gasteiger partial charge in [0, 0.05) is 31.3 Å². The highest BCUT2D eigenvalue weighted by molar-refractivity contribution is 4.85. The summed E-state index contributed by atoms with van der Waals surface area (Å²) < 4.78 is 6.90. The van der Waals surface area contributed by atoms with Crippen LogP contribution in [-0.2, 0) is 11.3 Å². The average Bonchev–Trinajstić information content (AvgIpc) is 2.50. The van der Waals surface area contributed by atoms with E-state index in [9.17, 15) is 4.79 Å². The molecule has 1 unspecified atom stereocenters. The van der Waals surface area contributed by atoms with E-state index in [2.05, 4.69) is 10.4 Å². The van der Waals surface area contributed by atoms with Crippen molar-refractivity contribution in [1.29, 1.82) is 0 Å². The maximum Gasteiger partial charge on any atom is 0.266 e. The highest BCUT2D eigenvalue weighted by atomic mass is 16.5. The van der Waals surface area contributed by atoms with Gasteiger partial charge >= 0.3 is 0 Å². The lowest BCUT2D eigenvalue weighted by atomic mass is 10.1. The molecule has 0 saturated carbocycles. The van der Waals surface area contributed by atoms with E-state index in [4.69, 9.17) is 4.74 Å². The van der Waals surface area contributed by atoms with Crippen LogP contribution in [-0.4, -0.2) is 36.1 Å². The molecular formula is C10H15N3O2. The Morgan fingerprint density at radius 3 is 3.47 bits per heavy atom. The highest BCUT2D eigenvalue weighted by Gasteiger charge is 2.13. The minimum Gasteiger partial charge on any atom is -0.380 e. The van der Waals surface area contributed by atoms with Crippen LogP contribution in [0.1, 0.15) is 0 Å². The van der Waals surface area contributed by atoms with Gasteiger partial charge in [-0.05, 0) is 6.07 Å². The van der Waals surface area contributed by atoms with Gasteiger partial charge in [-0.2, -0.15) is 5.10 Å². The first-order valence-corrected chi connectivity index (χ1v) is 5.17. The molecule has 1 N–H and O–H groups in total. The number of hydrogen-bond donors (Lipinski definition) is 1. The molecule has 82 valence electrons. The summed E-state index contributed by atoms with van der Waals surface area (Å²) in [6.45, 7) is 3.81. The predicted octanol–water partition coefficient (Wildman–Crippen LogP) is -0.521. The first-order chi connectivity index (χ1) is 7.36. The van der Waals surface area contributed by atoms with E-state index in [1.54, 1.807) is 12.3 Å². The van der Waals surface area contributed by atoms with Gasteiger partial charge < -0.3 is 10.1 Å². The van der Waals surface area contributed by atoms with Crippen LogP contribution in [0.5, 0.6) is 0 Å². The first-order valence-electron chi connectivity index (χ1n) is 5.17. The van der Waals surface area contributed by atoms with Crippen LogP contribution < -0.4 is 10.9 Å². The van der Waals surface area contributed by atoms with E-state index in [1.807, 2.05) is 0 Å². The van der Waals surface area contributed by atoms with Crippen molar-refractivity contribution in [2.75, 3.05) is 26.3 Å². The number of aromatic nitrogens is 2. The number of rotatable bonds is 2. The molecule has 0 spiro atoms. The summed E-state index contributed by atoms with van der Waals surface area (Å²) in [7, 11) is 0. The summed E-state index contributed by atoms with van der Waals surface area (Å²) in [6.07, 6.45) is 1.63. The Hall–Kier alpha value is -1.20. The van der Waals surface area contributed by atoms with Crippen LogP contribution in [0.25, 0.3) is 0 Å². The van der Waals surface area contributed by atoms with E-state index in [-0.39, 0.29) is 5.56 Å². The van der Waals surface area contributed by atoms with Crippen LogP contribution in [0.15, 0.2) is 23.1 Å². The van der Waals surface area contributed by atoms with Crippen molar-refractivity contribution >= 4 is 0 Å². The van der Waals surface area contributed by atoms with Crippen LogP contribution in [0.4, 0.5) is 0 Å². The summed E-state index contributed by atoms with van der Waals surface area (Å²) >= 11 is 0. The summed E-state index contributed by atoms with van der Waals surface area (Å²) in [5.74, 6) is 0.320. The third-order valence-corrected chi connectivity index (χ3v) is 2.43. The lowest BCUT2D eigenvalue weighted by Crippen LogP contribution is -2.31. The van der Waals surface area contributed by atoms with Crippen LogP contribution in [0.2, 0.25) is 0 Å². The molecule has 1 aromatic rings. The number of nitrogens with one attached hydrogen (secondary N) is 1. The van der Waals surface area contributed by atoms with Crippen molar-refractivity contribution < 1.29 is 4.74 Å². The molecular weight excluding hydrogens is 194 g/mol. The van der Waals surface area contributed by atoms with Gasteiger partial charge in [-0.25, -0.2) is 4.68 Å². The molecule has 1 aromatic heterocycles. The molecule has 1 aliphatic rings. The fourth-order valence-electron chi connectivity index (χ4n) is 1.65. The molecule has 0 radical (unpaired) electrons. The second kappa shape index (κ2) is 5.04. The normalized spacial score (nSPS) is 22.3. The van der Waals surface area contributed by atoms with Crippen molar-refractivity contribution in [2.45, 2.75) is 6.54 Å². The monoisotopic (exact) mass is 209 g/mol. The zero-order valence-electron chi connectivity index (χ0n) is 8.56. The molecule has 0 amide bonds. The molecule has 0 aliphatic carbocycles. The lowest BCUT2D eigenvalue weighted by molar-refractivity contribution is 0.116. The summed E-state index contributed by atoms with van der Waals surface area (Å²) in [6, 6.07) is 3.18. The van der Waals surface area contributed by atoms with E-state index in [0.717, 1.165) is 19.7 Å². The largest absolute Gasteiger partial charge is 0.380 e. The third kappa shape index (κ3) is 2.87. The van der Waals surface area contributed by atoms with Crippen molar-refractivity contribution in [3.05, 3.63) is 28.7 Å². The average molecular weight is 209 g/mol. The van der Waals surface area contributed by atoms with Crippen LogP contribution >= 0.6 is 0 Å². The van der Waals surface area contributed by atoms with E-state index >= 15 is 0 Å². The number of hydrogen-bond acceptors (Lipinski definition) is 4. The van der Waals surface area contributed by atoms with Gasteiger partial charge in [0.15, 0.2) is 0 Å². The number of ether oxygens (including phenoxy) is 1. The summed E-state index contributed by atoms with van der Waals surface area (Å²) in [5.41, 5.74) is -0.0539. The third-order valence-electron chi connectivity index (χ3n) is 2.43. The summed E-state index contributed by atoms with van der Waals surface area (Å²) in [4.78, 5) is 11.4. The topological polar surface area (TPSA) is 56.2 Å². The fourth-order valence-corrected chi connectivity index (χ4v) is 1.65. The Morgan fingerprint density at radius 2 is 2.60 bits per heavy atom. The Balaban J connectivity index is 2.01. The number of nitrogens with zero attached hydrogens (tertiary/aromatic N) is 2. The summed E-state index contributed by atoms with van der Waals surface area (Å²) in [5, 5.41) is 7.29. The van der Waals surface area contributed by atoms with Gasteiger partial charge in [0.2, 0.25) is 0 Å². The zero-order valence-corrected chi connectivity index (χ0v) is 8.56. The molecule has 5 nitrogen and oxygen atoms in total. The Morgan fingerprint density at radius 1 is 1.67 bits per heavy atom. The van der Waals surface area contributed by atoms with Crippen molar-refractivity contribution in [2.24, 2.45) is 5.92 Å². The van der Waals surface area contributed by atoms with Gasteiger partial charge in [0.1, 0.15) is 0 Å². The molecule has 1 aliphatic heterocycles. The molecule has 5 heteroatoms. The van der Waals surface area contributed by atoms with Gasteiger partial charge in [-0.1, -0.05) is 0 Å². The quantitative estimate of drug-likeness (QED) is 0.712. The van der Waals surface area contributed by atoms with Crippen LogP contribution in [0.3, 0.4) is 0 Å². The second-order valence-electron chi connectivity index (χ2n) is 3.69. The Labute approximate surface area is 88.1 Å². The molecule has 1 atom stereocenters. The molecule has 2 heterocycles. The molecule has 15 heavy (non-hydrogen) atoms. The first kappa shape index (κ1) is 10.3. The van der Waals surface area contributed by atoms with Gasteiger partial charge in [-0.3, -0.25) is 4.79 Å². The zero-order chi connectivity index (χ0) is 10.5. The maximum absolute atomic E-state index is 11.4. The van der Waals surface area contributed by atoms with E-state index in [0.29, 0.717) is 19.1 Å². The smallest absolute Gasteiger partial charge is 0.266 e. The van der Waals surface area contributed by atoms with Crippen molar-refractivity contribution in [1.82, 2.24) is 15.1 Å². The van der Waals surface area contributed by atoms with E-state index in [1.165, 1.54) is 10.7 Å². The molecule has 1 fully saturated rings. The standard InChI is InChI=1S/C10H15N3O2/c14-10-2-1-3-12-13(10)7-9-6-11-4-5-15-8-9/h1-3,9,11H,4-8H2. The SMILES string of the molecule is O=c1cccnn1CC1CNCCOC1. The second-order valence-corrected chi connectivity index (χ2v) is 3.69. The van der Waals surface area contributed by atoms with Gasteiger partial charge in [-0.15, -0.1) is 0 Å². The van der Waals surface area contributed by atoms with Gasteiger partial charge in [0.25, 0.3) is 5.56 Å². The highest BCUT2D eigenvalue weighted by Crippen LogP contribution is 2.01. The fraction of sp³-hybridized carbons (Fsp3) is 0.600. The predicted molar refractivity (Wildman–Crippen MR) is 55.7 cm³/mol. The van der Waals surface area contributed by atoms with Crippen molar-refractivity contribution in [3.63, 3.8) is 0 Å². The van der Waals surface area contributed by atoms with Crippen molar-refractivity contribution in [3.8, 4) is 0 Å². The lowest BCUT2D eigenvalue weighted by Gasteiger charge is -2.13. The minimum atomic E-state index is -0.0539. The van der Waals surface area contributed by atoms with Gasteiger partial charge in [0.05, 0.1) is 19.8 Å². The Kier molecular flexibility index (Phi) is 3.47. The maximum atomic E-state index is 11.4. The Bertz CT molecular complexity index is 356. The molecule has 0 bridgehead atoms. The molecule has 1 saturated heterocycles. The van der Waals surface area contributed by atoms with Crippen LogP contribution in [0, 0.1) is 5.92 Å². The molecule has 0 aromatic carbocycles. The molecule has 2 rings (SSSR count). The van der Waals surface area contributed by atoms with E-state index < -0.39 is 0 Å². The minimum absolute atomic E-state index is 0.0539.